The molecule has 0 bridgehead atoms. The molecule has 1 unspecified atom stereocenters. The van der Waals surface area contributed by atoms with Gasteiger partial charge in [0.2, 0.25) is 0 Å². The van der Waals surface area contributed by atoms with E-state index >= 15 is 0 Å². The highest BCUT2D eigenvalue weighted by Crippen LogP contribution is 2.31. The second kappa shape index (κ2) is 5.21. The van der Waals surface area contributed by atoms with Crippen LogP contribution in [0.2, 0.25) is 0 Å². The maximum atomic E-state index is 5.85. The average Bonchev–Trinajstić information content (AvgIpc) is 2.28. The first-order valence-corrected chi connectivity index (χ1v) is 5.87. The molecule has 16 heavy (non-hydrogen) atoms. The molecule has 0 radical (unpaired) electrons. The van der Waals surface area contributed by atoms with Crippen LogP contribution in [0.1, 0.15) is 20.3 Å². The van der Waals surface area contributed by atoms with Gasteiger partial charge < -0.3 is 14.8 Å². The average molecular weight is 221 g/mol. The Bertz CT molecular complexity index is 338. The maximum absolute atomic E-state index is 5.85. The van der Waals surface area contributed by atoms with Crippen LogP contribution in [0.5, 0.6) is 11.5 Å². The van der Waals surface area contributed by atoms with E-state index in [0.29, 0.717) is 12.6 Å². The summed E-state index contributed by atoms with van der Waals surface area (Å²) in [6.45, 7) is 5.91. The first kappa shape index (κ1) is 11.3. The van der Waals surface area contributed by atoms with Gasteiger partial charge in [-0.15, -0.1) is 0 Å². The summed E-state index contributed by atoms with van der Waals surface area (Å²) in [4.78, 5) is 0. The minimum Gasteiger partial charge on any atom is -0.486 e. The maximum Gasteiger partial charge on any atom is 0.161 e. The molecule has 1 aliphatic heterocycles. The van der Waals surface area contributed by atoms with Crippen LogP contribution in [0.15, 0.2) is 24.3 Å². The van der Waals surface area contributed by atoms with E-state index in [9.17, 15) is 0 Å². The van der Waals surface area contributed by atoms with Gasteiger partial charge in [-0.2, -0.15) is 0 Å². The molecule has 0 aliphatic carbocycles. The van der Waals surface area contributed by atoms with E-state index in [1.807, 2.05) is 24.3 Å². The van der Waals surface area contributed by atoms with Crippen LogP contribution in [0.3, 0.4) is 0 Å². The van der Waals surface area contributed by atoms with Crippen LogP contribution in [-0.4, -0.2) is 25.3 Å². The molecule has 3 heteroatoms. The van der Waals surface area contributed by atoms with Crippen molar-refractivity contribution >= 4 is 0 Å². The Kier molecular flexibility index (Phi) is 3.67. The van der Waals surface area contributed by atoms with Crippen molar-refractivity contribution in [2.45, 2.75) is 32.4 Å². The van der Waals surface area contributed by atoms with Crippen LogP contribution < -0.4 is 14.8 Å². The molecule has 1 aromatic carbocycles. The van der Waals surface area contributed by atoms with Gasteiger partial charge in [0.1, 0.15) is 12.7 Å². The molecule has 1 aromatic rings. The molecule has 0 spiro atoms. The van der Waals surface area contributed by atoms with E-state index < -0.39 is 0 Å². The van der Waals surface area contributed by atoms with Crippen LogP contribution in [0.4, 0.5) is 0 Å². The lowest BCUT2D eigenvalue weighted by molar-refractivity contribution is 0.0845. The third-order valence-corrected chi connectivity index (χ3v) is 2.59. The summed E-state index contributed by atoms with van der Waals surface area (Å²) in [6, 6.07) is 8.35. The highest BCUT2D eigenvalue weighted by atomic mass is 16.6. The van der Waals surface area contributed by atoms with E-state index in [1.54, 1.807) is 0 Å². The van der Waals surface area contributed by atoms with Crippen LogP contribution in [0, 0.1) is 0 Å². The van der Waals surface area contributed by atoms with Crippen LogP contribution in [-0.2, 0) is 0 Å². The molecule has 1 heterocycles. The van der Waals surface area contributed by atoms with Crippen LogP contribution >= 0.6 is 0 Å². The summed E-state index contributed by atoms with van der Waals surface area (Å²) in [7, 11) is 0. The van der Waals surface area contributed by atoms with E-state index in [4.69, 9.17) is 9.47 Å². The molecule has 0 amide bonds. The minimum atomic E-state index is 0.168. The smallest absolute Gasteiger partial charge is 0.161 e. The van der Waals surface area contributed by atoms with Crippen molar-refractivity contribution in [2.24, 2.45) is 0 Å². The molecule has 0 fully saturated rings. The SMILES string of the molecule is CC(C)NCCC1COc2ccccc2O1. The number of hydrogen-bond donors (Lipinski definition) is 1. The summed E-state index contributed by atoms with van der Waals surface area (Å²) in [5.74, 6) is 1.72. The molecular weight excluding hydrogens is 202 g/mol. The number of ether oxygens (including phenoxy) is 2. The van der Waals surface area contributed by atoms with Crippen molar-refractivity contribution in [3.05, 3.63) is 24.3 Å². The van der Waals surface area contributed by atoms with Gasteiger partial charge in [0.25, 0.3) is 0 Å². The fourth-order valence-corrected chi connectivity index (χ4v) is 1.74. The Hall–Kier alpha value is -1.22. The predicted molar refractivity (Wildman–Crippen MR) is 64.1 cm³/mol. The molecule has 2 rings (SSSR count). The first-order chi connectivity index (χ1) is 7.75. The van der Waals surface area contributed by atoms with E-state index in [1.165, 1.54) is 0 Å². The molecule has 0 saturated heterocycles. The number of rotatable bonds is 4. The fourth-order valence-electron chi connectivity index (χ4n) is 1.74. The van der Waals surface area contributed by atoms with Crippen molar-refractivity contribution in [1.29, 1.82) is 0 Å². The lowest BCUT2D eigenvalue weighted by atomic mass is 10.2. The van der Waals surface area contributed by atoms with E-state index in [0.717, 1.165) is 24.5 Å². The lowest BCUT2D eigenvalue weighted by Gasteiger charge is -2.26. The molecule has 1 atom stereocenters. The third kappa shape index (κ3) is 2.89. The summed E-state index contributed by atoms with van der Waals surface area (Å²) < 4.78 is 11.5. The van der Waals surface area contributed by atoms with Gasteiger partial charge in [0.05, 0.1) is 0 Å². The van der Waals surface area contributed by atoms with Gasteiger partial charge in [-0.05, 0) is 18.7 Å². The lowest BCUT2D eigenvalue weighted by Crippen LogP contribution is -2.34. The zero-order valence-electron chi connectivity index (χ0n) is 9.90. The van der Waals surface area contributed by atoms with Crippen molar-refractivity contribution in [3.63, 3.8) is 0 Å². The van der Waals surface area contributed by atoms with Gasteiger partial charge in [0, 0.05) is 12.5 Å². The number of fused-ring (bicyclic) bond motifs is 1. The zero-order valence-corrected chi connectivity index (χ0v) is 9.90. The Morgan fingerprint density at radius 3 is 2.81 bits per heavy atom. The molecule has 0 saturated carbocycles. The van der Waals surface area contributed by atoms with Crippen molar-refractivity contribution in [3.8, 4) is 11.5 Å². The monoisotopic (exact) mass is 221 g/mol. The van der Waals surface area contributed by atoms with Gasteiger partial charge >= 0.3 is 0 Å². The summed E-state index contributed by atoms with van der Waals surface area (Å²) >= 11 is 0. The standard InChI is InChI=1S/C13H19NO2/c1-10(2)14-8-7-11-9-15-12-5-3-4-6-13(12)16-11/h3-6,10-11,14H,7-9H2,1-2H3. The molecular formula is C13H19NO2. The number of para-hydroxylation sites is 2. The second-order valence-corrected chi connectivity index (χ2v) is 4.40. The number of hydrogen-bond acceptors (Lipinski definition) is 3. The Morgan fingerprint density at radius 1 is 1.31 bits per heavy atom. The zero-order chi connectivity index (χ0) is 11.4. The van der Waals surface area contributed by atoms with Gasteiger partial charge in [-0.25, -0.2) is 0 Å². The fraction of sp³-hybridized carbons (Fsp3) is 0.538. The number of benzene rings is 1. The third-order valence-electron chi connectivity index (χ3n) is 2.59. The topological polar surface area (TPSA) is 30.5 Å². The highest BCUT2D eigenvalue weighted by Gasteiger charge is 2.19. The molecule has 3 nitrogen and oxygen atoms in total. The van der Waals surface area contributed by atoms with Gasteiger partial charge in [0.15, 0.2) is 11.5 Å². The van der Waals surface area contributed by atoms with Gasteiger partial charge in [-0.1, -0.05) is 26.0 Å². The molecule has 1 N–H and O–H groups in total. The number of nitrogens with one attached hydrogen (secondary N) is 1. The quantitative estimate of drug-likeness (QED) is 0.845. The Labute approximate surface area is 96.8 Å². The van der Waals surface area contributed by atoms with E-state index in [2.05, 4.69) is 19.2 Å². The van der Waals surface area contributed by atoms with Crippen molar-refractivity contribution in [1.82, 2.24) is 5.32 Å². The predicted octanol–water partition coefficient (Wildman–Crippen LogP) is 2.21. The van der Waals surface area contributed by atoms with Crippen molar-refractivity contribution < 1.29 is 9.47 Å². The normalized spacial score (nSPS) is 18.8. The second-order valence-electron chi connectivity index (χ2n) is 4.40. The molecule has 88 valence electrons. The molecule has 1 aliphatic rings. The highest BCUT2D eigenvalue weighted by molar-refractivity contribution is 5.40. The molecule has 0 aromatic heterocycles. The van der Waals surface area contributed by atoms with Gasteiger partial charge in [-0.3, -0.25) is 0 Å². The minimum absolute atomic E-state index is 0.168. The van der Waals surface area contributed by atoms with E-state index in [-0.39, 0.29) is 6.10 Å². The Balaban J connectivity index is 1.83. The van der Waals surface area contributed by atoms with Crippen molar-refractivity contribution in [2.75, 3.05) is 13.2 Å². The summed E-state index contributed by atoms with van der Waals surface area (Å²) in [5.41, 5.74) is 0. The summed E-state index contributed by atoms with van der Waals surface area (Å²) in [6.07, 6.45) is 1.15. The largest absolute Gasteiger partial charge is 0.486 e. The Morgan fingerprint density at radius 2 is 2.06 bits per heavy atom. The van der Waals surface area contributed by atoms with Crippen LogP contribution in [0.25, 0.3) is 0 Å². The first-order valence-electron chi connectivity index (χ1n) is 5.87. The summed E-state index contributed by atoms with van der Waals surface area (Å²) in [5, 5.41) is 3.38.